The minimum absolute atomic E-state index is 0.0328. The van der Waals surface area contributed by atoms with Crippen LogP contribution in [0.2, 0.25) is 5.02 Å². The summed E-state index contributed by atoms with van der Waals surface area (Å²) in [6.07, 6.45) is 0. The molecule has 0 saturated heterocycles. The van der Waals surface area contributed by atoms with E-state index in [1.54, 1.807) is 73.7 Å². The van der Waals surface area contributed by atoms with Gasteiger partial charge in [-0.05, 0) is 62.7 Å². The van der Waals surface area contributed by atoms with Gasteiger partial charge in [0.05, 0.1) is 17.7 Å². The summed E-state index contributed by atoms with van der Waals surface area (Å²) in [4.78, 5) is 28.2. The lowest BCUT2D eigenvalue weighted by atomic mass is 10.1. The van der Waals surface area contributed by atoms with Crippen molar-refractivity contribution in [3.63, 3.8) is 0 Å². The van der Waals surface area contributed by atoms with E-state index in [0.29, 0.717) is 10.8 Å². The second kappa shape index (κ2) is 12.8. The Morgan fingerprint density at radius 3 is 2.21 bits per heavy atom. The molecule has 1 unspecified atom stereocenters. The van der Waals surface area contributed by atoms with E-state index in [1.165, 1.54) is 24.1 Å². The molecule has 3 aromatic rings. The Balaban J connectivity index is 2.03. The van der Waals surface area contributed by atoms with Gasteiger partial charge in [0.2, 0.25) is 11.8 Å². The lowest BCUT2D eigenvalue weighted by Gasteiger charge is -2.32. The highest BCUT2D eigenvalue weighted by Crippen LogP contribution is 2.27. The van der Waals surface area contributed by atoms with Crippen LogP contribution in [0, 0.1) is 0 Å². The predicted molar refractivity (Wildman–Crippen MR) is 149 cm³/mol. The lowest BCUT2D eigenvalue weighted by Crippen LogP contribution is -2.52. The molecule has 0 aliphatic heterocycles. The van der Waals surface area contributed by atoms with Gasteiger partial charge < -0.3 is 15.0 Å². The van der Waals surface area contributed by atoms with Crippen molar-refractivity contribution in [1.82, 2.24) is 10.2 Å². The molecule has 0 radical (unpaired) electrons. The van der Waals surface area contributed by atoms with Gasteiger partial charge in [-0.2, -0.15) is 0 Å². The number of methoxy groups -OCH3 is 1. The lowest BCUT2D eigenvalue weighted by molar-refractivity contribution is -0.139. The Hall–Kier alpha value is -3.56. The molecule has 3 aromatic carbocycles. The summed E-state index contributed by atoms with van der Waals surface area (Å²) in [5.74, 6) is -0.458. The maximum atomic E-state index is 13.8. The normalized spacial score (nSPS) is 12.1. The van der Waals surface area contributed by atoms with Gasteiger partial charge in [0.15, 0.2) is 0 Å². The van der Waals surface area contributed by atoms with Crippen LogP contribution in [0.15, 0.2) is 83.8 Å². The summed E-state index contributed by atoms with van der Waals surface area (Å²) in [5, 5.41) is 3.36. The Kier molecular flexibility index (Phi) is 9.77. The van der Waals surface area contributed by atoms with E-state index in [1.807, 2.05) is 13.8 Å². The first-order chi connectivity index (χ1) is 18.0. The van der Waals surface area contributed by atoms with E-state index in [-0.39, 0.29) is 29.1 Å². The van der Waals surface area contributed by atoms with Crippen molar-refractivity contribution in [3.05, 3.63) is 89.4 Å². The number of rotatable bonds is 11. The fourth-order valence-corrected chi connectivity index (χ4v) is 5.34. The molecule has 0 aliphatic rings. The highest BCUT2D eigenvalue weighted by Gasteiger charge is 2.32. The number of ether oxygens (including phenoxy) is 1. The first-order valence-electron chi connectivity index (χ1n) is 12.1. The van der Waals surface area contributed by atoms with Gasteiger partial charge in [-0.25, -0.2) is 8.42 Å². The van der Waals surface area contributed by atoms with Crippen LogP contribution in [0.5, 0.6) is 5.75 Å². The van der Waals surface area contributed by atoms with E-state index < -0.39 is 28.5 Å². The van der Waals surface area contributed by atoms with Gasteiger partial charge in [0, 0.05) is 23.7 Å². The summed E-state index contributed by atoms with van der Waals surface area (Å²) >= 11 is 6.02. The minimum Gasteiger partial charge on any atom is -0.497 e. The van der Waals surface area contributed by atoms with Gasteiger partial charge in [-0.3, -0.25) is 13.9 Å². The Bertz CT molecular complexity index is 1350. The fraction of sp³-hybridized carbons (Fsp3) is 0.286. The molecule has 8 nitrogen and oxygen atoms in total. The van der Waals surface area contributed by atoms with E-state index in [0.717, 1.165) is 9.87 Å². The zero-order chi connectivity index (χ0) is 27.9. The summed E-state index contributed by atoms with van der Waals surface area (Å²) < 4.78 is 33.8. The van der Waals surface area contributed by atoms with E-state index >= 15 is 0 Å². The predicted octanol–water partition coefficient (Wildman–Crippen LogP) is 4.49. The molecule has 38 heavy (non-hydrogen) atoms. The number of sulfonamides is 1. The maximum Gasteiger partial charge on any atom is 0.264 e. The van der Waals surface area contributed by atoms with Crippen LogP contribution in [0.4, 0.5) is 5.69 Å². The summed E-state index contributed by atoms with van der Waals surface area (Å²) in [6, 6.07) is 20.3. The van der Waals surface area contributed by atoms with Crippen LogP contribution >= 0.6 is 11.6 Å². The highest BCUT2D eigenvalue weighted by atomic mass is 35.5. The first-order valence-corrected chi connectivity index (χ1v) is 13.9. The molecule has 0 aliphatic carbocycles. The van der Waals surface area contributed by atoms with Crippen molar-refractivity contribution in [2.75, 3.05) is 18.0 Å². The topological polar surface area (TPSA) is 96.0 Å². The molecule has 0 saturated carbocycles. The van der Waals surface area contributed by atoms with Gasteiger partial charge in [0.25, 0.3) is 10.0 Å². The molecule has 3 rings (SSSR count). The number of carbonyl (C=O) groups excluding carboxylic acids is 2. The largest absolute Gasteiger partial charge is 0.497 e. The molecule has 1 atom stereocenters. The van der Waals surface area contributed by atoms with Crippen molar-refractivity contribution < 1.29 is 22.7 Å². The molecule has 202 valence electrons. The van der Waals surface area contributed by atoms with Crippen LogP contribution in [-0.4, -0.2) is 50.9 Å². The van der Waals surface area contributed by atoms with Crippen LogP contribution < -0.4 is 14.4 Å². The number of anilines is 1. The maximum absolute atomic E-state index is 13.8. The second-order valence-electron chi connectivity index (χ2n) is 9.01. The number of carbonyl (C=O) groups is 2. The van der Waals surface area contributed by atoms with Gasteiger partial charge in [-0.1, -0.05) is 48.0 Å². The number of nitrogens with zero attached hydrogens (tertiary/aromatic N) is 2. The number of benzene rings is 3. The van der Waals surface area contributed by atoms with E-state index in [2.05, 4.69) is 5.32 Å². The quantitative estimate of drug-likeness (QED) is 0.375. The van der Waals surface area contributed by atoms with E-state index in [4.69, 9.17) is 16.3 Å². The SMILES string of the molecule is COc1cccc(N(CC(=O)N(Cc2ccc(Cl)cc2)C(C)C(=O)NC(C)C)S(=O)(=O)c2ccccc2)c1. The molecular formula is C28H32ClN3O5S. The Morgan fingerprint density at radius 1 is 0.947 bits per heavy atom. The number of halogens is 1. The van der Waals surface area contributed by atoms with Crippen LogP contribution in [0.3, 0.4) is 0 Å². The molecule has 10 heteroatoms. The smallest absolute Gasteiger partial charge is 0.264 e. The summed E-state index contributed by atoms with van der Waals surface area (Å²) in [5.41, 5.74) is 0.998. The van der Waals surface area contributed by atoms with Gasteiger partial charge in [-0.15, -0.1) is 0 Å². The van der Waals surface area contributed by atoms with Crippen molar-refractivity contribution >= 4 is 39.1 Å². The summed E-state index contributed by atoms with van der Waals surface area (Å²) in [6.45, 7) is 4.82. The van der Waals surface area contributed by atoms with Crippen LogP contribution in [0.25, 0.3) is 0 Å². The third kappa shape index (κ3) is 7.26. The zero-order valence-electron chi connectivity index (χ0n) is 21.8. The number of nitrogens with one attached hydrogen (secondary N) is 1. The average molecular weight is 558 g/mol. The van der Waals surface area contributed by atoms with Crippen molar-refractivity contribution in [2.45, 2.75) is 44.3 Å². The highest BCUT2D eigenvalue weighted by molar-refractivity contribution is 7.92. The third-order valence-electron chi connectivity index (χ3n) is 5.82. The Labute approximate surface area is 229 Å². The molecule has 0 fully saturated rings. The molecule has 2 amide bonds. The monoisotopic (exact) mass is 557 g/mol. The first kappa shape index (κ1) is 29.0. The number of amides is 2. The van der Waals surface area contributed by atoms with Crippen molar-refractivity contribution in [3.8, 4) is 5.75 Å². The average Bonchev–Trinajstić information content (AvgIpc) is 2.90. The van der Waals surface area contributed by atoms with Crippen molar-refractivity contribution in [2.24, 2.45) is 0 Å². The third-order valence-corrected chi connectivity index (χ3v) is 7.86. The molecule has 0 spiro atoms. The molecular weight excluding hydrogens is 526 g/mol. The molecule has 0 bridgehead atoms. The van der Waals surface area contributed by atoms with Gasteiger partial charge in [0.1, 0.15) is 18.3 Å². The minimum atomic E-state index is -4.14. The summed E-state index contributed by atoms with van der Waals surface area (Å²) in [7, 11) is -2.66. The van der Waals surface area contributed by atoms with E-state index in [9.17, 15) is 18.0 Å². The second-order valence-corrected chi connectivity index (χ2v) is 11.3. The molecule has 0 aromatic heterocycles. The fourth-order valence-electron chi connectivity index (χ4n) is 3.79. The number of hydrogen-bond donors (Lipinski definition) is 1. The van der Waals surface area contributed by atoms with Crippen LogP contribution in [0.1, 0.15) is 26.3 Å². The standard InChI is InChI=1S/C28H32ClN3O5S/c1-20(2)30-28(34)21(3)31(18-22-13-15-23(29)16-14-22)27(33)19-32(24-9-8-10-25(17-24)37-4)38(35,36)26-11-6-5-7-12-26/h5-17,20-21H,18-19H2,1-4H3,(H,30,34). The van der Waals surface area contributed by atoms with Gasteiger partial charge >= 0.3 is 0 Å². The van der Waals surface area contributed by atoms with Crippen LogP contribution in [-0.2, 0) is 26.2 Å². The zero-order valence-corrected chi connectivity index (χ0v) is 23.4. The number of hydrogen-bond acceptors (Lipinski definition) is 5. The van der Waals surface area contributed by atoms with Crippen molar-refractivity contribution in [1.29, 1.82) is 0 Å². The Morgan fingerprint density at radius 2 is 1.61 bits per heavy atom. The molecule has 1 N–H and O–H groups in total. The molecule has 0 heterocycles.